The molecule has 6 heteroatoms. The molecule has 1 aliphatic rings. The van der Waals surface area contributed by atoms with Crippen LogP contribution in [0.1, 0.15) is 37.6 Å². The van der Waals surface area contributed by atoms with Crippen molar-refractivity contribution >= 4 is 5.91 Å². The Bertz CT molecular complexity index is 713. The number of benzene rings is 1. The molecule has 0 bridgehead atoms. The predicted octanol–water partition coefficient (Wildman–Crippen LogP) is 3.04. The lowest BCUT2D eigenvalue weighted by molar-refractivity contribution is -0.121. The highest BCUT2D eigenvalue weighted by atomic mass is 16.5. The number of aromatic nitrogens is 1. The fourth-order valence-corrected chi connectivity index (χ4v) is 3.14. The van der Waals surface area contributed by atoms with Gasteiger partial charge in [0.15, 0.2) is 11.5 Å². The molecule has 1 aliphatic carbocycles. The lowest BCUT2D eigenvalue weighted by Gasteiger charge is -2.23. The van der Waals surface area contributed by atoms with Gasteiger partial charge in [-0.25, -0.2) is 0 Å². The van der Waals surface area contributed by atoms with E-state index in [9.17, 15) is 4.79 Å². The van der Waals surface area contributed by atoms with Crippen LogP contribution in [0.5, 0.6) is 11.5 Å². The molecule has 2 aromatic rings. The molecule has 1 aromatic carbocycles. The highest BCUT2D eigenvalue weighted by Gasteiger charge is 2.31. The fraction of sp³-hybridized carbons (Fsp3) is 0.474. The van der Waals surface area contributed by atoms with Gasteiger partial charge in [-0.1, -0.05) is 17.3 Å². The second kappa shape index (κ2) is 8.05. The Morgan fingerprint density at radius 3 is 2.84 bits per heavy atom. The third kappa shape index (κ3) is 4.53. The van der Waals surface area contributed by atoms with E-state index in [0.29, 0.717) is 18.1 Å². The summed E-state index contributed by atoms with van der Waals surface area (Å²) < 4.78 is 16.8. The molecule has 1 N–H and O–H groups in total. The molecule has 6 nitrogen and oxygen atoms in total. The van der Waals surface area contributed by atoms with E-state index in [1.54, 1.807) is 6.07 Å². The minimum Gasteiger partial charge on any atom is -0.490 e. The van der Waals surface area contributed by atoms with Crippen molar-refractivity contribution in [2.45, 2.75) is 51.7 Å². The molecule has 2 atom stereocenters. The molecular weight excluding hydrogens is 320 g/mol. The second-order valence-corrected chi connectivity index (χ2v) is 6.25. The van der Waals surface area contributed by atoms with E-state index in [-0.39, 0.29) is 24.5 Å². The van der Waals surface area contributed by atoms with E-state index in [1.165, 1.54) is 0 Å². The summed E-state index contributed by atoms with van der Waals surface area (Å²) in [4.78, 5) is 12.3. The Labute approximate surface area is 147 Å². The third-order valence-corrected chi connectivity index (χ3v) is 4.24. The molecule has 134 valence electrons. The number of carbonyl (C=O) groups excluding carboxylic acids is 1. The van der Waals surface area contributed by atoms with Crippen LogP contribution >= 0.6 is 0 Å². The molecule has 1 aromatic heterocycles. The summed E-state index contributed by atoms with van der Waals surface area (Å²) in [5.74, 6) is 2.10. The van der Waals surface area contributed by atoms with Gasteiger partial charge in [-0.05, 0) is 45.2 Å². The van der Waals surface area contributed by atoms with Crippen molar-refractivity contribution in [3.63, 3.8) is 0 Å². The SMILES string of the molecule is CCOc1ccccc1O[C@@H]1CCC[C@@H]1NC(=O)Cc1cc(C)on1. The van der Waals surface area contributed by atoms with Crippen molar-refractivity contribution in [1.29, 1.82) is 0 Å². The number of nitrogens with one attached hydrogen (secondary N) is 1. The summed E-state index contributed by atoms with van der Waals surface area (Å²) in [6.07, 6.45) is 3.01. The summed E-state index contributed by atoms with van der Waals surface area (Å²) in [7, 11) is 0. The van der Waals surface area contributed by atoms with Crippen LogP contribution in [0.25, 0.3) is 0 Å². The number of aryl methyl sites for hydroxylation is 1. The van der Waals surface area contributed by atoms with Gasteiger partial charge in [-0.3, -0.25) is 4.79 Å². The van der Waals surface area contributed by atoms with Crippen LogP contribution in [-0.2, 0) is 11.2 Å². The maximum atomic E-state index is 12.3. The predicted molar refractivity (Wildman–Crippen MR) is 92.8 cm³/mol. The van der Waals surface area contributed by atoms with Gasteiger partial charge in [-0.15, -0.1) is 0 Å². The summed E-state index contributed by atoms with van der Waals surface area (Å²) in [5.41, 5.74) is 0.646. The van der Waals surface area contributed by atoms with Gasteiger partial charge in [0.2, 0.25) is 5.91 Å². The zero-order chi connectivity index (χ0) is 17.6. The fourth-order valence-electron chi connectivity index (χ4n) is 3.14. The number of hydrogen-bond acceptors (Lipinski definition) is 5. The lowest BCUT2D eigenvalue weighted by Crippen LogP contribution is -2.43. The summed E-state index contributed by atoms with van der Waals surface area (Å²) in [6, 6.07) is 9.42. The normalized spacial score (nSPS) is 19.6. The standard InChI is InChI=1S/C19H24N2O4/c1-3-23-17-8-4-5-9-18(17)24-16-10-6-7-15(16)20-19(22)12-14-11-13(2)25-21-14/h4-5,8-9,11,15-16H,3,6-7,10,12H2,1-2H3,(H,20,22)/t15-,16+/m0/s1. The van der Waals surface area contributed by atoms with Gasteiger partial charge in [0, 0.05) is 6.07 Å². The topological polar surface area (TPSA) is 73.6 Å². The molecule has 3 rings (SSSR count). The maximum Gasteiger partial charge on any atom is 0.226 e. The molecular formula is C19H24N2O4. The molecule has 1 fully saturated rings. The number of amides is 1. The van der Waals surface area contributed by atoms with Crippen molar-refractivity contribution in [3.05, 3.63) is 41.8 Å². The molecule has 1 saturated carbocycles. The molecule has 1 amide bonds. The minimum atomic E-state index is -0.0631. The maximum absolute atomic E-state index is 12.3. The molecule has 0 radical (unpaired) electrons. The van der Waals surface area contributed by atoms with Crippen molar-refractivity contribution < 1.29 is 18.8 Å². The first kappa shape index (κ1) is 17.3. The van der Waals surface area contributed by atoms with Gasteiger partial charge in [-0.2, -0.15) is 0 Å². The van der Waals surface area contributed by atoms with E-state index in [4.69, 9.17) is 14.0 Å². The summed E-state index contributed by atoms with van der Waals surface area (Å²) >= 11 is 0. The Morgan fingerprint density at radius 1 is 1.32 bits per heavy atom. The zero-order valence-electron chi connectivity index (χ0n) is 14.7. The summed E-state index contributed by atoms with van der Waals surface area (Å²) in [6.45, 7) is 4.34. The van der Waals surface area contributed by atoms with Gasteiger partial charge in [0.1, 0.15) is 11.9 Å². The molecule has 1 heterocycles. The van der Waals surface area contributed by atoms with E-state index in [0.717, 1.165) is 30.8 Å². The minimum absolute atomic E-state index is 0.00446. The van der Waals surface area contributed by atoms with E-state index in [2.05, 4.69) is 10.5 Å². The van der Waals surface area contributed by atoms with Crippen LogP contribution in [0.2, 0.25) is 0 Å². The first-order valence-electron chi connectivity index (χ1n) is 8.75. The Hall–Kier alpha value is -2.50. The number of ether oxygens (including phenoxy) is 2. The lowest BCUT2D eigenvalue weighted by atomic mass is 10.2. The molecule has 0 aliphatic heterocycles. The summed E-state index contributed by atoms with van der Waals surface area (Å²) in [5, 5.41) is 6.94. The second-order valence-electron chi connectivity index (χ2n) is 6.25. The number of hydrogen-bond donors (Lipinski definition) is 1. The number of rotatable bonds is 7. The first-order chi connectivity index (χ1) is 12.2. The molecule has 0 unspecified atom stereocenters. The Balaban J connectivity index is 1.60. The van der Waals surface area contributed by atoms with Crippen LogP contribution in [-0.4, -0.2) is 29.8 Å². The van der Waals surface area contributed by atoms with E-state index >= 15 is 0 Å². The molecule has 25 heavy (non-hydrogen) atoms. The monoisotopic (exact) mass is 344 g/mol. The van der Waals surface area contributed by atoms with Crippen molar-refractivity contribution in [3.8, 4) is 11.5 Å². The van der Waals surface area contributed by atoms with E-state index < -0.39 is 0 Å². The van der Waals surface area contributed by atoms with Gasteiger partial charge in [0.05, 0.1) is 24.8 Å². The average molecular weight is 344 g/mol. The van der Waals surface area contributed by atoms with Crippen molar-refractivity contribution in [1.82, 2.24) is 10.5 Å². The Morgan fingerprint density at radius 2 is 2.12 bits per heavy atom. The highest BCUT2D eigenvalue weighted by Crippen LogP contribution is 2.31. The highest BCUT2D eigenvalue weighted by molar-refractivity contribution is 5.78. The first-order valence-corrected chi connectivity index (χ1v) is 8.75. The quantitative estimate of drug-likeness (QED) is 0.836. The van der Waals surface area contributed by atoms with Crippen LogP contribution in [0, 0.1) is 6.92 Å². The van der Waals surface area contributed by atoms with Gasteiger partial charge >= 0.3 is 0 Å². The number of para-hydroxylation sites is 2. The third-order valence-electron chi connectivity index (χ3n) is 4.24. The van der Waals surface area contributed by atoms with Crippen LogP contribution in [0.3, 0.4) is 0 Å². The van der Waals surface area contributed by atoms with Crippen LogP contribution in [0.15, 0.2) is 34.9 Å². The number of carbonyl (C=O) groups is 1. The Kier molecular flexibility index (Phi) is 5.58. The molecule has 0 spiro atoms. The van der Waals surface area contributed by atoms with Gasteiger partial charge in [0.25, 0.3) is 0 Å². The smallest absolute Gasteiger partial charge is 0.226 e. The number of nitrogens with zero attached hydrogens (tertiary/aromatic N) is 1. The van der Waals surface area contributed by atoms with Crippen molar-refractivity contribution in [2.75, 3.05) is 6.61 Å². The van der Waals surface area contributed by atoms with Crippen molar-refractivity contribution in [2.24, 2.45) is 0 Å². The van der Waals surface area contributed by atoms with Crippen LogP contribution < -0.4 is 14.8 Å². The van der Waals surface area contributed by atoms with E-state index in [1.807, 2.05) is 38.1 Å². The average Bonchev–Trinajstić information content (AvgIpc) is 3.19. The zero-order valence-corrected chi connectivity index (χ0v) is 14.7. The molecule has 0 saturated heterocycles. The van der Waals surface area contributed by atoms with Gasteiger partial charge < -0.3 is 19.3 Å². The van der Waals surface area contributed by atoms with Crippen LogP contribution in [0.4, 0.5) is 0 Å². The largest absolute Gasteiger partial charge is 0.490 e.